The highest BCUT2D eigenvalue weighted by atomic mass is 16.3. The molecule has 0 radical (unpaired) electrons. The fraction of sp³-hybridized carbons (Fsp3) is 1.00. The standard InChI is InChI=1S/C17H36N2O/c1-7-19(13-16(5,6)20)14-17(10-8-9-11-17)12-18-15(2,3)4/h18,20H,7-14H2,1-6H3. The molecule has 0 saturated heterocycles. The fourth-order valence-electron chi connectivity index (χ4n) is 3.27. The van der Waals surface area contributed by atoms with Gasteiger partial charge in [0.15, 0.2) is 0 Å². The second-order valence-corrected chi connectivity index (χ2v) is 8.43. The van der Waals surface area contributed by atoms with Crippen LogP contribution in [0.3, 0.4) is 0 Å². The minimum atomic E-state index is -0.604. The molecule has 1 rings (SSSR count). The SMILES string of the molecule is CCN(CC(C)(C)O)CC1(CNC(C)(C)C)CCCC1. The van der Waals surface area contributed by atoms with Crippen LogP contribution in [0.25, 0.3) is 0 Å². The molecule has 20 heavy (non-hydrogen) atoms. The first-order valence-electron chi connectivity index (χ1n) is 8.25. The molecule has 0 aromatic carbocycles. The molecule has 2 N–H and O–H groups in total. The van der Waals surface area contributed by atoms with Gasteiger partial charge in [-0.25, -0.2) is 0 Å². The Morgan fingerprint density at radius 1 is 1.10 bits per heavy atom. The molecule has 0 unspecified atom stereocenters. The van der Waals surface area contributed by atoms with Gasteiger partial charge in [0.1, 0.15) is 0 Å². The monoisotopic (exact) mass is 284 g/mol. The topological polar surface area (TPSA) is 35.5 Å². The van der Waals surface area contributed by atoms with Crippen LogP contribution in [-0.4, -0.2) is 47.3 Å². The minimum absolute atomic E-state index is 0.183. The third-order valence-electron chi connectivity index (χ3n) is 4.27. The van der Waals surface area contributed by atoms with Crippen LogP contribution < -0.4 is 5.32 Å². The van der Waals surface area contributed by atoms with E-state index in [-0.39, 0.29) is 5.54 Å². The molecule has 0 heterocycles. The third-order valence-corrected chi connectivity index (χ3v) is 4.27. The van der Waals surface area contributed by atoms with E-state index in [0.29, 0.717) is 5.41 Å². The molecule has 0 aliphatic heterocycles. The Kier molecular flexibility index (Phi) is 6.06. The second kappa shape index (κ2) is 6.76. The average Bonchev–Trinajstić information content (AvgIpc) is 2.72. The first-order valence-corrected chi connectivity index (χ1v) is 8.25. The molecule has 0 aromatic heterocycles. The smallest absolute Gasteiger partial charge is 0.0718 e. The van der Waals surface area contributed by atoms with Gasteiger partial charge in [-0.3, -0.25) is 0 Å². The number of nitrogens with zero attached hydrogens (tertiary/aromatic N) is 1. The van der Waals surface area contributed by atoms with Crippen molar-refractivity contribution < 1.29 is 5.11 Å². The summed E-state index contributed by atoms with van der Waals surface area (Å²) < 4.78 is 0. The molecule has 1 fully saturated rings. The number of hydrogen-bond acceptors (Lipinski definition) is 3. The number of rotatable bonds is 7. The fourth-order valence-corrected chi connectivity index (χ4v) is 3.27. The summed E-state index contributed by atoms with van der Waals surface area (Å²) in [5, 5.41) is 13.8. The van der Waals surface area contributed by atoms with Gasteiger partial charge in [0.2, 0.25) is 0 Å². The molecular weight excluding hydrogens is 248 g/mol. The summed E-state index contributed by atoms with van der Waals surface area (Å²) in [6, 6.07) is 0. The molecule has 1 saturated carbocycles. The van der Waals surface area contributed by atoms with Crippen LogP contribution in [-0.2, 0) is 0 Å². The highest BCUT2D eigenvalue weighted by Crippen LogP contribution is 2.38. The van der Waals surface area contributed by atoms with Gasteiger partial charge >= 0.3 is 0 Å². The minimum Gasteiger partial charge on any atom is -0.389 e. The Morgan fingerprint density at radius 2 is 1.65 bits per heavy atom. The summed E-state index contributed by atoms with van der Waals surface area (Å²) in [5.41, 5.74) is -0.0231. The summed E-state index contributed by atoms with van der Waals surface area (Å²) in [7, 11) is 0. The Hall–Kier alpha value is -0.120. The lowest BCUT2D eigenvalue weighted by molar-refractivity contribution is 0.0213. The molecule has 1 aliphatic carbocycles. The maximum atomic E-state index is 10.1. The van der Waals surface area contributed by atoms with Crippen LogP contribution in [0.2, 0.25) is 0 Å². The largest absolute Gasteiger partial charge is 0.389 e. The van der Waals surface area contributed by atoms with Crippen molar-refractivity contribution in [2.45, 2.75) is 78.4 Å². The molecular formula is C17H36N2O. The molecule has 120 valence electrons. The molecule has 1 aliphatic rings. The van der Waals surface area contributed by atoms with Crippen LogP contribution in [0.1, 0.15) is 67.2 Å². The summed E-state index contributed by atoms with van der Waals surface area (Å²) in [6.07, 6.45) is 5.34. The van der Waals surface area contributed by atoms with Crippen molar-refractivity contribution in [1.29, 1.82) is 0 Å². The van der Waals surface area contributed by atoms with Crippen molar-refractivity contribution in [3.05, 3.63) is 0 Å². The van der Waals surface area contributed by atoms with E-state index in [0.717, 1.165) is 26.2 Å². The van der Waals surface area contributed by atoms with E-state index in [9.17, 15) is 5.11 Å². The first-order chi connectivity index (χ1) is 9.05. The van der Waals surface area contributed by atoms with Gasteiger partial charge in [0, 0.05) is 25.2 Å². The lowest BCUT2D eigenvalue weighted by atomic mass is 9.84. The lowest BCUT2D eigenvalue weighted by Gasteiger charge is -2.39. The van der Waals surface area contributed by atoms with E-state index in [1.807, 2.05) is 13.8 Å². The molecule has 0 bridgehead atoms. The van der Waals surface area contributed by atoms with E-state index < -0.39 is 5.60 Å². The van der Waals surface area contributed by atoms with Crippen LogP contribution in [0, 0.1) is 5.41 Å². The Morgan fingerprint density at radius 3 is 2.05 bits per heavy atom. The molecule has 3 heteroatoms. The summed E-state index contributed by atoms with van der Waals surface area (Å²) in [5.74, 6) is 0. The number of likely N-dealkylation sites (N-methyl/N-ethyl adjacent to an activating group) is 1. The van der Waals surface area contributed by atoms with Crippen molar-refractivity contribution in [2.75, 3.05) is 26.2 Å². The molecule has 0 atom stereocenters. The van der Waals surface area contributed by atoms with E-state index in [1.165, 1.54) is 25.7 Å². The van der Waals surface area contributed by atoms with E-state index in [1.54, 1.807) is 0 Å². The zero-order valence-corrected chi connectivity index (χ0v) is 14.6. The van der Waals surface area contributed by atoms with Gasteiger partial charge in [-0.15, -0.1) is 0 Å². The van der Waals surface area contributed by atoms with Crippen molar-refractivity contribution >= 4 is 0 Å². The van der Waals surface area contributed by atoms with Gasteiger partial charge in [0.25, 0.3) is 0 Å². The summed E-state index contributed by atoms with van der Waals surface area (Å²) in [4.78, 5) is 2.43. The van der Waals surface area contributed by atoms with E-state index >= 15 is 0 Å². The first kappa shape index (κ1) is 17.9. The third kappa shape index (κ3) is 6.55. The molecule has 3 nitrogen and oxygen atoms in total. The van der Waals surface area contributed by atoms with Crippen molar-refractivity contribution in [2.24, 2.45) is 5.41 Å². The van der Waals surface area contributed by atoms with Crippen LogP contribution in [0.4, 0.5) is 0 Å². The van der Waals surface area contributed by atoms with Crippen molar-refractivity contribution in [1.82, 2.24) is 10.2 Å². The van der Waals surface area contributed by atoms with Crippen molar-refractivity contribution in [3.63, 3.8) is 0 Å². The Labute approximate surface area is 126 Å². The highest BCUT2D eigenvalue weighted by Gasteiger charge is 2.36. The second-order valence-electron chi connectivity index (χ2n) is 8.43. The van der Waals surface area contributed by atoms with Crippen molar-refractivity contribution in [3.8, 4) is 0 Å². The van der Waals surface area contributed by atoms with E-state index in [4.69, 9.17) is 0 Å². The van der Waals surface area contributed by atoms with Gasteiger partial charge in [0.05, 0.1) is 5.60 Å². The van der Waals surface area contributed by atoms with Gasteiger partial charge in [-0.1, -0.05) is 19.8 Å². The highest BCUT2D eigenvalue weighted by molar-refractivity contribution is 4.92. The average molecular weight is 284 g/mol. The Balaban J connectivity index is 2.65. The van der Waals surface area contributed by atoms with Gasteiger partial charge in [-0.2, -0.15) is 0 Å². The zero-order valence-electron chi connectivity index (χ0n) is 14.6. The summed E-state index contributed by atoms with van der Waals surface area (Å²) in [6.45, 7) is 16.7. The normalized spacial score (nSPS) is 19.8. The molecule has 0 spiro atoms. The number of aliphatic hydroxyl groups is 1. The van der Waals surface area contributed by atoms with Crippen LogP contribution in [0.15, 0.2) is 0 Å². The zero-order chi connectivity index (χ0) is 15.4. The van der Waals surface area contributed by atoms with Gasteiger partial charge in [-0.05, 0) is 59.4 Å². The quantitative estimate of drug-likeness (QED) is 0.754. The Bertz CT molecular complexity index is 282. The molecule has 0 aromatic rings. The molecule has 0 amide bonds. The van der Waals surface area contributed by atoms with Crippen LogP contribution in [0.5, 0.6) is 0 Å². The predicted molar refractivity (Wildman–Crippen MR) is 87.1 cm³/mol. The summed E-state index contributed by atoms with van der Waals surface area (Å²) >= 11 is 0. The lowest BCUT2D eigenvalue weighted by Crippen LogP contribution is -2.50. The van der Waals surface area contributed by atoms with E-state index in [2.05, 4.69) is 37.9 Å². The van der Waals surface area contributed by atoms with Crippen LogP contribution >= 0.6 is 0 Å². The predicted octanol–water partition coefficient (Wildman–Crippen LogP) is 3.03. The number of nitrogens with one attached hydrogen (secondary N) is 1. The maximum absolute atomic E-state index is 10.1. The maximum Gasteiger partial charge on any atom is 0.0718 e. The van der Waals surface area contributed by atoms with Gasteiger partial charge < -0.3 is 15.3 Å². The number of hydrogen-bond donors (Lipinski definition) is 2.